The average Bonchev–Trinajstić information content (AvgIpc) is 2.83. The predicted octanol–water partition coefficient (Wildman–Crippen LogP) is 1.99. The molecule has 0 radical (unpaired) electrons. The Balaban J connectivity index is 1.39. The van der Waals surface area contributed by atoms with Gasteiger partial charge in [-0.05, 0) is 49.6 Å². The minimum atomic E-state index is -4.19. The van der Waals surface area contributed by atoms with Gasteiger partial charge in [-0.2, -0.15) is 4.31 Å². The summed E-state index contributed by atoms with van der Waals surface area (Å²) < 4.78 is 33.1. The highest BCUT2D eigenvalue weighted by Crippen LogP contribution is 2.25. The van der Waals surface area contributed by atoms with Gasteiger partial charge in [0.15, 0.2) is 4.90 Å². The Bertz CT molecular complexity index is 1410. The van der Waals surface area contributed by atoms with Crippen molar-refractivity contribution in [3.63, 3.8) is 0 Å². The number of hydrogen-bond donors (Lipinski definition) is 3. The van der Waals surface area contributed by atoms with E-state index in [1.807, 2.05) is 35.3 Å². The smallest absolute Gasteiger partial charge is 0.325 e. The normalized spacial score (nSPS) is 16.5. The minimum absolute atomic E-state index is 0.0418. The Morgan fingerprint density at radius 3 is 2.49 bits per heavy atom. The number of benzene rings is 2. The summed E-state index contributed by atoms with van der Waals surface area (Å²) in [6.07, 6.45) is 0.973. The van der Waals surface area contributed by atoms with Gasteiger partial charge in [-0.3, -0.25) is 14.6 Å². The molecule has 35 heavy (non-hydrogen) atoms. The van der Waals surface area contributed by atoms with Gasteiger partial charge in [-0.25, -0.2) is 13.2 Å². The van der Waals surface area contributed by atoms with E-state index in [1.54, 1.807) is 24.3 Å². The molecular formula is C24H26N4O6S. The quantitative estimate of drug-likeness (QED) is 0.455. The van der Waals surface area contributed by atoms with E-state index >= 15 is 0 Å². The number of piperidine rings is 1. The second kappa shape index (κ2) is 10.3. The summed E-state index contributed by atoms with van der Waals surface area (Å²) in [5, 5.41) is 2.82. The third-order valence-electron chi connectivity index (χ3n) is 5.80. The summed E-state index contributed by atoms with van der Waals surface area (Å²) in [5.41, 5.74) is -0.193. The number of ether oxygens (including phenoxy) is 1. The van der Waals surface area contributed by atoms with Gasteiger partial charge in [0.2, 0.25) is 15.9 Å². The van der Waals surface area contributed by atoms with E-state index in [0.717, 1.165) is 9.87 Å². The van der Waals surface area contributed by atoms with Crippen LogP contribution in [0.15, 0.2) is 69.1 Å². The highest BCUT2D eigenvalue weighted by Gasteiger charge is 2.36. The molecule has 1 amide bonds. The Hall–Kier alpha value is -3.70. The summed E-state index contributed by atoms with van der Waals surface area (Å²) in [5.74, 6) is -0.243. The molecule has 0 spiro atoms. The number of aryl methyl sites for hydroxylation is 1. The molecule has 1 aliphatic rings. The highest BCUT2D eigenvalue weighted by atomic mass is 32.2. The monoisotopic (exact) mass is 498 g/mol. The molecule has 2 aromatic carbocycles. The molecule has 3 N–H and O–H groups in total. The third kappa shape index (κ3) is 5.69. The zero-order chi connectivity index (χ0) is 25.0. The van der Waals surface area contributed by atoms with E-state index in [2.05, 4.69) is 10.3 Å². The van der Waals surface area contributed by atoms with Crippen LogP contribution in [0.4, 0.5) is 5.69 Å². The van der Waals surface area contributed by atoms with Crippen molar-refractivity contribution in [2.75, 3.05) is 18.4 Å². The number of carbonyl (C=O) groups excluding carboxylic acids is 1. The first kappa shape index (κ1) is 24.4. The predicted molar refractivity (Wildman–Crippen MR) is 130 cm³/mol. The molecule has 1 saturated heterocycles. The van der Waals surface area contributed by atoms with Crippen molar-refractivity contribution in [1.82, 2.24) is 14.3 Å². The summed E-state index contributed by atoms with van der Waals surface area (Å²) in [6.45, 7) is 1.89. The molecule has 4 rings (SSSR count). The van der Waals surface area contributed by atoms with Crippen LogP contribution < -0.4 is 21.3 Å². The van der Waals surface area contributed by atoms with Crippen LogP contribution in [0.1, 0.15) is 24.1 Å². The van der Waals surface area contributed by atoms with Crippen LogP contribution in [0, 0.1) is 12.8 Å². The number of nitrogens with one attached hydrogen (secondary N) is 3. The van der Waals surface area contributed by atoms with Gasteiger partial charge < -0.3 is 15.0 Å². The zero-order valence-electron chi connectivity index (χ0n) is 19.1. The van der Waals surface area contributed by atoms with Crippen molar-refractivity contribution in [3.05, 3.63) is 86.7 Å². The average molecular weight is 499 g/mol. The Kier molecular flexibility index (Phi) is 7.17. The molecule has 10 nitrogen and oxygen atoms in total. The number of H-pyrrole nitrogens is 2. The lowest BCUT2D eigenvalue weighted by atomic mass is 9.99. The fourth-order valence-corrected chi connectivity index (χ4v) is 5.75. The van der Waals surface area contributed by atoms with Crippen LogP contribution in [0.25, 0.3) is 0 Å². The van der Waals surface area contributed by atoms with Gasteiger partial charge in [0.25, 0.3) is 5.56 Å². The minimum Gasteiger partial charge on any atom is -0.489 e. The number of aromatic amines is 2. The second-order valence-electron chi connectivity index (χ2n) is 8.35. The van der Waals surface area contributed by atoms with E-state index in [9.17, 15) is 22.8 Å². The third-order valence-corrected chi connectivity index (χ3v) is 7.82. The van der Waals surface area contributed by atoms with Crippen LogP contribution >= 0.6 is 0 Å². The Morgan fingerprint density at radius 1 is 1.09 bits per heavy atom. The number of anilines is 1. The molecule has 3 aromatic rings. The maximum atomic E-state index is 13.1. The largest absolute Gasteiger partial charge is 0.489 e. The van der Waals surface area contributed by atoms with E-state index in [1.165, 1.54) is 6.92 Å². The summed E-state index contributed by atoms with van der Waals surface area (Å²) >= 11 is 0. The SMILES string of the molecule is Cc1[nH]c(=O)[nH]c(=O)c1S(=O)(=O)N1CCCC(C(=O)Nc2ccc(OCc3ccccc3)cc2)C1. The first-order valence-corrected chi connectivity index (χ1v) is 12.6. The van der Waals surface area contributed by atoms with E-state index < -0.39 is 32.1 Å². The topological polar surface area (TPSA) is 141 Å². The molecule has 11 heteroatoms. The van der Waals surface area contributed by atoms with Crippen molar-refractivity contribution in [1.29, 1.82) is 0 Å². The molecule has 1 atom stereocenters. The molecule has 1 aromatic heterocycles. The van der Waals surface area contributed by atoms with E-state index in [4.69, 9.17) is 4.74 Å². The fourth-order valence-electron chi connectivity index (χ4n) is 4.02. The van der Waals surface area contributed by atoms with Crippen LogP contribution in [0.5, 0.6) is 5.75 Å². The molecule has 0 aliphatic carbocycles. The van der Waals surface area contributed by atoms with Crippen LogP contribution in [-0.2, 0) is 21.4 Å². The highest BCUT2D eigenvalue weighted by molar-refractivity contribution is 7.89. The first-order chi connectivity index (χ1) is 16.7. The molecule has 1 fully saturated rings. The molecule has 0 saturated carbocycles. The van der Waals surface area contributed by atoms with Gasteiger partial charge in [0, 0.05) is 24.5 Å². The summed E-state index contributed by atoms with van der Waals surface area (Å²) in [6, 6.07) is 16.7. The van der Waals surface area contributed by atoms with Crippen molar-refractivity contribution < 1.29 is 17.9 Å². The van der Waals surface area contributed by atoms with Gasteiger partial charge in [0.05, 0.1) is 5.92 Å². The van der Waals surface area contributed by atoms with Crippen molar-refractivity contribution in [2.24, 2.45) is 5.92 Å². The lowest BCUT2D eigenvalue weighted by Crippen LogP contribution is -2.45. The summed E-state index contributed by atoms with van der Waals surface area (Å²) in [7, 11) is -4.19. The molecule has 2 heterocycles. The van der Waals surface area contributed by atoms with Crippen LogP contribution in [0.2, 0.25) is 0 Å². The fraction of sp³-hybridized carbons (Fsp3) is 0.292. The lowest BCUT2D eigenvalue weighted by Gasteiger charge is -2.31. The number of sulfonamides is 1. The van der Waals surface area contributed by atoms with Crippen LogP contribution in [0.3, 0.4) is 0 Å². The van der Waals surface area contributed by atoms with Crippen LogP contribution in [-0.4, -0.2) is 41.7 Å². The maximum Gasteiger partial charge on any atom is 0.325 e. The number of amides is 1. The molecule has 0 bridgehead atoms. The second-order valence-corrected chi connectivity index (χ2v) is 10.2. The van der Waals surface area contributed by atoms with Gasteiger partial charge in [0.1, 0.15) is 12.4 Å². The number of nitrogens with zero attached hydrogens (tertiary/aromatic N) is 1. The van der Waals surface area contributed by atoms with E-state index in [-0.39, 0.29) is 24.7 Å². The zero-order valence-corrected chi connectivity index (χ0v) is 19.9. The number of hydrogen-bond acceptors (Lipinski definition) is 6. The van der Waals surface area contributed by atoms with Gasteiger partial charge in [-0.15, -0.1) is 0 Å². The van der Waals surface area contributed by atoms with Gasteiger partial charge in [-0.1, -0.05) is 30.3 Å². The lowest BCUT2D eigenvalue weighted by molar-refractivity contribution is -0.120. The van der Waals surface area contributed by atoms with Crippen molar-refractivity contribution >= 4 is 21.6 Å². The molecule has 184 valence electrons. The molecule has 1 aliphatic heterocycles. The molecule has 1 unspecified atom stereocenters. The van der Waals surface area contributed by atoms with E-state index in [0.29, 0.717) is 30.9 Å². The molecular weight excluding hydrogens is 472 g/mol. The summed E-state index contributed by atoms with van der Waals surface area (Å²) in [4.78, 5) is 40.2. The number of carbonyl (C=O) groups is 1. The Labute approximate surface area is 202 Å². The maximum absolute atomic E-state index is 13.1. The number of rotatable bonds is 7. The van der Waals surface area contributed by atoms with Gasteiger partial charge >= 0.3 is 5.69 Å². The number of aromatic nitrogens is 2. The Morgan fingerprint density at radius 2 is 1.80 bits per heavy atom. The first-order valence-electron chi connectivity index (χ1n) is 11.1. The van der Waals surface area contributed by atoms with Crippen molar-refractivity contribution in [3.8, 4) is 5.75 Å². The standard InChI is InChI=1S/C24H26N4O6S/c1-16-21(23(30)27-24(31)25-16)35(32,33)28-13-5-8-18(14-28)22(29)26-19-9-11-20(12-10-19)34-15-17-6-3-2-4-7-17/h2-4,6-7,9-12,18H,5,8,13-15H2,1H3,(H,26,29)(H2,25,27,30,31). The van der Waals surface area contributed by atoms with Crippen molar-refractivity contribution in [2.45, 2.75) is 31.3 Å².